The summed E-state index contributed by atoms with van der Waals surface area (Å²) in [7, 11) is 0. The minimum Gasteiger partial charge on any atom is -0.369 e. The van der Waals surface area contributed by atoms with E-state index in [-0.39, 0.29) is 5.82 Å². The highest BCUT2D eigenvalue weighted by molar-refractivity contribution is 7.10. The number of nitrogens with zero attached hydrogens (tertiary/aromatic N) is 4. The van der Waals surface area contributed by atoms with E-state index in [9.17, 15) is 4.39 Å². The molecule has 1 saturated heterocycles. The molecular formula is C13H14ClFN4S. The van der Waals surface area contributed by atoms with E-state index < -0.39 is 0 Å². The van der Waals surface area contributed by atoms with Crippen LogP contribution in [0.5, 0.6) is 0 Å². The maximum atomic E-state index is 12.9. The molecule has 0 N–H and O–H groups in total. The van der Waals surface area contributed by atoms with Crippen LogP contribution in [0.25, 0.3) is 0 Å². The predicted octanol–water partition coefficient (Wildman–Crippen LogP) is 2.65. The maximum Gasteiger partial charge on any atom is 0.138 e. The molecule has 1 aromatic carbocycles. The van der Waals surface area contributed by atoms with Crippen molar-refractivity contribution in [2.75, 3.05) is 31.1 Å². The fraction of sp³-hybridized carbons (Fsp3) is 0.385. The van der Waals surface area contributed by atoms with Gasteiger partial charge in [0.25, 0.3) is 0 Å². The molecule has 2 aromatic rings. The van der Waals surface area contributed by atoms with Gasteiger partial charge in [-0.05, 0) is 24.3 Å². The van der Waals surface area contributed by atoms with Gasteiger partial charge < -0.3 is 4.90 Å². The molecule has 1 aliphatic rings. The maximum absolute atomic E-state index is 12.9. The number of benzene rings is 1. The highest BCUT2D eigenvalue weighted by Gasteiger charge is 2.19. The molecule has 0 atom stereocenters. The molecule has 1 aromatic heterocycles. The Morgan fingerprint density at radius 3 is 2.45 bits per heavy atom. The van der Waals surface area contributed by atoms with Gasteiger partial charge in [0, 0.05) is 49.9 Å². The lowest BCUT2D eigenvalue weighted by Gasteiger charge is -2.35. The smallest absolute Gasteiger partial charge is 0.138 e. The van der Waals surface area contributed by atoms with Crippen LogP contribution in [0.15, 0.2) is 24.3 Å². The minimum absolute atomic E-state index is 0.196. The summed E-state index contributed by atoms with van der Waals surface area (Å²) in [6.07, 6.45) is 0. The minimum atomic E-state index is -0.196. The monoisotopic (exact) mass is 312 g/mol. The SMILES string of the molecule is Fc1ccc(N2CCN(Cc3nnsc3Cl)CC2)cc1. The third kappa shape index (κ3) is 3.08. The van der Waals surface area contributed by atoms with Gasteiger partial charge in [-0.2, -0.15) is 0 Å². The molecule has 4 nitrogen and oxygen atoms in total. The van der Waals surface area contributed by atoms with Gasteiger partial charge in [0.1, 0.15) is 15.8 Å². The number of hydrogen-bond donors (Lipinski definition) is 0. The molecule has 1 fully saturated rings. The van der Waals surface area contributed by atoms with Crippen LogP contribution >= 0.6 is 23.1 Å². The lowest BCUT2D eigenvalue weighted by Crippen LogP contribution is -2.46. The Morgan fingerprint density at radius 1 is 1.15 bits per heavy atom. The van der Waals surface area contributed by atoms with Crippen molar-refractivity contribution in [3.8, 4) is 0 Å². The number of hydrogen-bond acceptors (Lipinski definition) is 5. The Morgan fingerprint density at radius 2 is 1.85 bits per heavy atom. The summed E-state index contributed by atoms with van der Waals surface area (Å²) in [5.74, 6) is -0.196. The van der Waals surface area contributed by atoms with Gasteiger partial charge in [0.05, 0.1) is 0 Å². The van der Waals surface area contributed by atoms with E-state index >= 15 is 0 Å². The van der Waals surface area contributed by atoms with Gasteiger partial charge in [0.2, 0.25) is 0 Å². The third-order valence-electron chi connectivity index (χ3n) is 3.45. The van der Waals surface area contributed by atoms with Crippen LogP contribution in [-0.2, 0) is 6.54 Å². The number of anilines is 1. The highest BCUT2D eigenvalue weighted by atomic mass is 35.5. The van der Waals surface area contributed by atoms with Crippen LogP contribution < -0.4 is 4.90 Å². The molecule has 2 heterocycles. The van der Waals surface area contributed by atoms with E-state index in [1.54, 1.807) is 0 Å². The number of aromatic nitrogens is 2. The van der Waals surface area contributed by atoms with Crippen molar-refractivity contribution in [2.45, 2.75) is 6.54 Å². The van der Waals surface area contributed by atoms with E-state index in [4.69, 9.17) is 11.6 Å². The molecule has 3 rings (SSSR count). The quantitative estimate of drug-likeness (QED) is 0.872. The molecule has 106 valence electrons. The second kappa shape index (κ2) is 6.03. The molecular weight excluding hydrogens is 299 g/mol. The van der Waals surface area contributed by atoms with Crippen molar-refractivity contribution in [1.82, 2.24) is 14.5 Å². The average molecular weight is 313 g/mol. The molecule has 7 heteroatoms. The number of rotatable bonds is 3. The van der Waals surface area contributed by atoms with Crippen LogP contribution in [0.1, 0.15) is 5.69 Å². The largest absolute Gasteiger partial charge is 0.369 e. The average Bonchev–Trinajstić information content (AvgIpc) is 2.86. The molecule has 0 aliphatic carbocycles. The van der Waals surface area contributed by atoms with Crippen LogP contribution in [0.4, 0.5) is 10.1 Å². The first-order valence-electron chi connectivity index (χ1n) is 6.42. The fourth-order valence-corrected chi connectivity index (χ4v) is 2.93. The zero-order valence-electron chi connectivity index (χ0n) is 10.8. The second-order valence-electron chi connectivity index (χ2n) is 4.73. The highest BCUT2D eigenvalue weighted by Crippen LogP contribution is 2.21. The van der Waals surface area contributed by atoms with Crippen molar-refractivity contribution in [3.63, 3.8) is 0 Å². The lowest BCUT2D eigenvalue weighted by atomic mass is 10.2. The van der Waals surface area contributed by atoms with Gasteiger partial charge in [-0.3, -0.25) is 4.90 Å². The summed E-state index contributed by atoms with van der Waals surface area (Å²) in [4.78, 5) is 4.57. The first kappa shape index (κ1) is 13.7. The Bertz CT molecular complexity index is 566. The summed E-state index contributed by atoms with van der Waals surface area (Å²) in [6.45, 7) is 4.45. The summed E-state index contributed by atoms with van der Waals surface area (Å²) in [6, 6.07) is 6.66. The second-order valence-corrected chi connectivity index (χ2v) is 6.09. The van der Waals surface area contributed by atoms with Crippen molar-refractivity contribution < 1.29 is 4.39 Å². The van der Waals surface area contributed by atoms with Gasteiger partial charge in [-0.15, -0.1) is 5.10 Å². The zero-order chi connectivity index (χ0) is 13.9. The molecule has 0 unspecified atom stereocenters. The third-order valence-corrected chi connectivity index (χ3v) is 4.43. The summed E-state index contributed by atoms with van der Waals surface area (Å²) < 4.78 is 17.4. The molecule has 0 amide bonds. The van der Waals surface area contributed by atoms with E-state index in [2.05, 4.69) is 19.4 Å². The van der Waals surface area contributed by atoms with Crippen molar-refractivity contribution in [1.29, 1.82) is 0 Å². The topological polar surface area (TPSA) is 32.3 Å². The van der Waals surface area contributed by atoms with E-state index in [0.29, 0.717) is 4.34 Å². The van der Waals surface area contributed by atoms with Crippen molar-refractivity contribution in [3.05, 3.63) is 40.1 Å². The van der Waals surface area contributed by atoms with Gasteiger partial charge in [-0.25, -0.2) is 4.39 Å². The Labute approximate surface area is 125 Å². The standard InChI is InChI=1S/C13H14ClFN4S/c14-13-12(16-17-20-13)9-18-5-7-19(8-6-18)11-3-1-10(15)2-4-11/h1-4H,5-9H2. The zero-order valence-corrected chi connectivity index (χ0v) is 12.4. The van der Waals surface area contributed by atoms with E-state index in [1.807, 2.05) is 12.1 Å². The first-order chi connectivity index (χ1) is 9.72. The number of halogens is 2. The van der Waals surface area contributed by atoms with E-state index in [0.717, 1.165) is 44.1 Å². The fourth-order valence-electron chi connectivity index (χ4n) is 2.32. The summed E-state index contributed by atoms with van der Waals surface area (Å²) in [5, 5.41) is 4.04. The van der Waals surface area contributed by atoms with Gasteiger partial charge in [-0.1, -0.05) is 16.1 Å². The molecule has 0 saturated carbocycles. The predicted molar refractivity (Wildman–Crippen MR) is 78.8 cm³/mol. The van der Waals surface area contributed by atoms with Crippen LogP contribution in [0.2, 0.25) is 4.34 Å². The van der Waals surface area contributed by atoms with Crippen LogP contribution in [0.3, 0.4) is 0 Å². The molecule has 0 bridgehead atoms. The van der Waals surface area contributed by atoms with Crippen LogP contribution in [-0.4, -0.2) is 40.7 Å². The number of piperazine rings is 1. The van der Waals surface area contributed by atoms with E-state index in [1.165, 1.54) is 23.7 Å². The summed E-state index contributed by atoms with van der Waals surface area (Å²) >= 11 is 7.24. The Hall–Kier alpha value is -1.24. The van der Waals surface area contributed by atoms with Gasteiger partial charge in [0.15, 0.2) is 0 Å². The Balaban J connectivity index is 1.57. The first-order valence-corrected chi connectivity index (χ1v) is 7.57. The van der Waals surface area contributed by atoms with Crippen LogP contribution in [0, 0.1) is 5.82 Å². The molecule has 0 spiro atoms. The lowest BCUT2D eigenvalue weighted by molar-refractivity contribution is 0.247. The normalized spacial score (nSPS) is 16.6. The van der Waals surface area contributed by atoms with Crippen molar-refractivity contribution >= 4 is 28.8 Å². The molecule has 1 aliphatic heterocycles. The molecule has 0 radical (unpaired) electrons. The Kier molecular flexibility index (Phi) is 4.14. The summed E-state index contributed by atoms with van der Waals surface area (Å²) in [5.41, 5.74) is 1.92. The molecule has 20 heavy (non-hydrogen) atoms. The van der Waals surface area contributed by atoms with Gasteiger partial charge >= 0.3 is 0 Å². The van der Waals surface area contributed by atoms with Crippen molar-refractivity contribution in [2.24, 2.45) is 0 Å².